The summed E-state index contributed by atoms with van der Waals surface area (Å²) in [5.41, 5.74) is 0.883. The van der Waals surface area contributed by atoms with Gasteiger partial charge >= 0.3 is 0 Å². The molecule has 0 N–H and O–H groups in total. The maximum absolute atomic E-state index is 13.0. The van der Waals surface area contributed by atoms with Gasteiger partial charge in [-0.05, 0) is 31.0 Å². The Labute approximate surface area is 153 Å². The molecular weight excluding hydrogens is 352 g/mol. The number of sulfonamides is 1. The first-order valence-electron chi connectivity index (χ1n) is 8.91. The summed E-state index contributed by atoms with van der Waals surface area (Å²) in [7, 11) is -3.55. The number of fused-ring (bicyclic) bond motifs is 1. The zero-order valence-electron chi connectivity index (χ0n) is 14.5. The van der Waals surface area contributed by atoms with E-state index in [9.17, 15) is 13.2 Å². The van der Waals surface area contributed by atoms with Crippen molar-refractivity contribution in [1.29, 1.82) is 0 Å². The zero-order valence-corrected chi connectivity index (χ0v) is 15.3. The van der Waals surface area contributed by atoms with Gasteiger partial charge in [0, 0.05) is 32.3 Å². The molecule has 1 aromatic carbocycles. The summed E-state index contributed by atoms with van der Waals surface area (Å²) in [5, 5.41) is 4.38. The molecule has 7 nitrogen and oxygen atoms in total. The molecule has 1 saturated heterocycles. The molecule has 2 aromatic rings. The van der Waals surface area contributed by atoms with Crippen molar-refractivity contribution in [2.45, 2.75) is 36.7 Å². The summed E-state index contributed by atoms with van der Waals surface area (Å²) in [4.78, 5) is 14.0. The summed E-state index contributed by atoms with van der Waals surface area (Å²) >= 11 is 0. The Morgan fingerprint density at radius 2 is 1.96 bits per heavy atom. The molecular formula is C18H22N4O3S. The third-order valence-electron chi connectivity index (χ3n) is 5.14. The molecule has 1 aromatic heterocycles. The molecule has 8 heteroatoms. The molecule has 2 aliphatic heterocycles. The maximum Gasteiger partial charge on any atom is 0.243 e. The maximum atomic E-state index is 13.0. The van der Waals surface area contributed by atoms with E-state index in [1.165, 1.54) is 4.31 Å². The van der Waals surface area contributed by atoms with Crippen molar-refractivity contribution < 1.29 is 13.2 Å². The highest BCUT2D eigenvalue weighted by molar-refractivity contribution is 7.89. The molecule has 0 aliphatic carbocycles. The number of nitrogens with zero attached hydrogens (tertiary/aromatic N) is 4. The van der Waals surface area contributed by atoms with Gasteiger partial charge in [0.1, 0.15) is 0 Å². The Kier molecular flexibility index (Phi) is 4.54. The third kappa shape index (κ3) is 3.14. The number of hydrogen-bond donors (Lipinski definition) is 0. The minimum atomic E-state index is -3.55. The molecule has 0 bridgehead atoms. The van der Waals surface area contributed by atoms with Crippen LogP contribution in [0.1, 0.15) is 31.0 Å². The quantitative estimate of drug-likeness (QED) is 0.797. The Balaban J connectivity index is 1.55. The van der Waals surface area contributed by atoms with Crippen LogP contribution in [0.15, 0.2) is 47.5 Å². The molecule has 3 heterocycles. The fourth-order valence-electron chi connectivity index (χ4n) is 3.74. The number of carbonyl (C=O) groups excluding carboxylic acids is 1. The summed E-state index contributed by atoms with van der Waals surface area (Å²) in [6.45, 7) is 2.12. The van der Waals surface area contributed by atoms with Crippen LogP contribution >= 0.6 is 0 Å². The number of likely N-dealkylation sites (tertiary alicyclic amines) is 1. The minimum Gasteiger partial charge on any atom is -0.343 e. The minimum absolute atomic E-state index is 0.0689. The normalized spacial score (nSPS) is 21.2. The highest BCUT2D eigenvalue weighted by atomic mass is 32.2. The van der Waals surface area contributed by atoms with Crippen molar-refractivity contribution in [2.24, 2.45) is 0 Å². The van der Waals surface area contributed by atoms with Gasteiger partial charge in [-0.15, -0.1) is 0 Å². The fourth-order valence-corrected chi connectivity index (χ4v) is 5.21. The number of benzene rings is 1. The van der Waals surface area contributed by atoms with E-state index in [1.807, 2.05) is 15.6 Å². The first kappa shape index (κ1) is 17.2. The zero-order chi connectivity index (χ0) is 18.1. The average Bonchev–Trinajstić information content (AvgIpc) is 3.29. The van der Waals surface area contributed by atoms with E-state index in [4.69, 9.17) is 0 Å². The van der Waals surface area contributed by atoms with Crippen LogP contribution in [-0.2, 0) is 21.4 Å². The second-order valence-corrected chi connectivity index (χ2v) is 8.74. The van der Waals surface area contributed by atoms with E-state index < -0.39 is 10.0 Å². The van der Waals surface area contributed by atoms with Gasteiger partial charge in [-0.2, -0.15) is 9.40 Å². The van der Waals surface area contributed by atoms with Crippen LogP contribution in [0.2, 0.25) is 0 Å². The summed E-state index contributed by atoms with van der Waals surface area (Å²) in [5.74, 6) is 0.190. The molecule has 0 unspecified atom stereocenters. The standard InChI is InChI=1S/C18H22N4O3S/c23-18-7-4-11-20(18)12-9-16-14-21(13-15-8-10-19-22(15)16)26(24,25)17-5-2-1-3-6-17/h1-3,5-6,8,10,16H,4,7,9,11-14H2/t16-/m1/s1. The summed E-state index contributed by atoms with van der Waals surface area (Å²) in [6.07, 6.45) is 3.93. The van der Waals surface area contributed by atoms with Gasteiger partial charge in [0.05, 0.1) is 23.2 Å². The van der Waals surface area contributed by atoms with E-state index in [0.717, 1.165) is 18.7 Å². The van der Waals surface area contributed by atoms with Crippen molar-refractivity contribution in [3.8, 4) is 0 Å². The molecule has 1 fully saturated rings. The molecule has 2 aliphatic rings. The van der Waals surface area contributed by atoms with Crippen LogP contribution in [0.3, 0.4) is 0 Å². The predicted molar refractivity (Wildman–Crippen MR) is 95.7 cm³/mol. The number of hydrogen-bond acceptors (Lipinski definition) is 4. The average molecular weight is 374 g/mol. The largest absolute Gasteiger partial charge is 0.343 e. The van der Waals surface area contributed by atoms with E-state index in [1.54, 1.807) is 36.5 Å². The molecule has 0 saturated carbocycles. The molecule has 1 amide bonds. The van der Waals surface area contributed by atoms with Gasteiger partial charge in [-0.1, -0.05) is 18.2 Å². The van der Waals surface area contributed by atoms with Crippen molar-refractivity contribution in [3.63, 3.8) is 0 Å². The molecule has 0 spiro atoms. The summed E-state index contributed by atoms with van der Waals surface area (Å²) < 4.78 is 29.5. The van der Waals surface area contributed by atoms with E-state index >= 15 is 0 Å². The van der Waals surface area contributed by atoms with E-state index in [-0.39, 0.29) is 11.9 Å². The van der Waals surface area contributed by atoms with E-state index in [2.05, 4.69) is 5.10 Å². The van der Waals surface area contributed by atoms with Gasteiger partial charge < -0.3 is 4.90 Å². The summed E-state index contributed by atoms with van der Waals surface area (Å²) in [6, 6.07) is 10.3. The van der Waals surface area contributed by atoms with Gasteiger partial charge in [0.25, 0.3) is 0 Å². The van der Waals surface area contributed by atoms with Crippen LogP contribution in [0, 0.1) is 0 Å². The molecule has 0 radical (unpaired) electrons. The lowest BCUT2D eigenvalue weighted by Crippen LogP contribution is -2.42. The third-order valence-corrected chi connectivity index (χ3v) is 6.96. The monoisotopic (exact) mass is 374 g/mol. The van der Waals surface area contributed by atoms with Crippen LogP contribution < -0.4 is 0 Å². The number of amides is 1. The lowest BCUT2D eigenvalue weighted by molar-refractivity contribution is -0.127. The predicted octanol–water partition coefficient (Wildman–Crippen LogP) is 1.64. The van der Waals surface area contributed by atoms with Crippen molar-refractivity contribution in [3.05, 3.63) is 48.3 Å². The van der Waals surface area contributed by atoms with Gasteiger partial charge in [0.2, 0.25) is 15.9 Å². The van der Waals surface area contributed by atoms with Gasteiger partial charge in [0.15, 0.2) is 0 Å². The molecule has 26 heavy (non-hydrogen) atoms. The molecule has 1 atom stereocenters. The van der Waals surface area contributed by atoms with Gasteiger partial charge in [-0.25, -0.2) is 8.42 Å². The van der Waals surface area contributed by atoms with Crippen LogP contribution in [0.4, 0.5) is 0 Å². The Morgan fingerprint density at radius 1 is 1.15 bits per heavy atom. The second kappa shape index (κ2) is 6.85. The Bertz CT molecular complexity index is 894. The second-order valence-electron chi connectivity index (χ2n) is 6.80. The van der Waals surface area contributed by atoms with E-state index in [0.29, 0.717) is 37.4 Å². The van der Waals surface area contributed by atoms with Gasteiger partial charge in [-0.3, -0.25) is 9.48 Å². The molecule has 4 rings (SSSR count). The van der Waals surface area contributed by atoms with Crippen molar-refractivity contribution in [1.82, 2.24) is 19.0 Å². The highest BCUT2D eigenvalue weighted by Crippen LogP contribution is 2.28. The number of carbonyl (C=O) groups is 1. The Morgan fingerprint density at radius 3 is 2.69 bits per heavy atom. The highest BCUT2D eigenvalue weighted by Gasteiger charge is 2.34. The van der Waals surface area contributed by atoms with Crippen LogP contribution in [0.25, 0.3) is 0 Å². The topological polar surface area (TPSA) is 75.5 Å². The first-order valence-corrected chi connectivity index (χ1v) is 10.3. The van der Waals surface area contributed by atoms with Crippen molar-refractivity contribution in [2.75, 3.05) is 19.6 Å². The fraction of sp³-hybridized carbons (Fsp3) is 0.444. The Hall–Kier alpha value is -2.19. The number of aromatic nitrogens is 2. The van der Waals surface area contributed by atoms with Crippen molar-refractivity contribution >= 4 is 15.9 Å². The smallest absolute Gasteiger partial charge is 0.243 e. The van der Waals surface area contributed by atoms with Crippen LogP contribution in [0.5, 0.6) is 0 Å². The lowest BCUT2D eigenvalue weighted by atomic mass is 10.1. The SMILES string of the molecule is O=C1CCCN1CC[C@@H]1CN(S(=O)(=O)c2ccccc2)Cc2ccnn21. The first-order chi connectivity index (χ1) is 12.6. The number of rotatable bonds is 5. The lowest BCUT2D eigenvalue weighted by Gasteiger charge is -2.34. The molecule has 138 valence electrons. The van der Waals surface area contributed by atoms with Crippen LogP contribution in [-0.4, -0.2) is 52.9 Å².